The summed E-state index contributed by atoms with van der Waals surface area (Å²) in [6.07, 6.45) is 3.32. The summed E-state index contributed by atoms with van der Waals surface area (Å²) in [6.45, 7) is 0. The Kier molecular flexibility index (Phi) is 4.55. The number of oxime groups is 1. The Morgan fingerprint density at radius 2 is 1.74 bits per heavy atom. The van der Waals surface area contributed by atoms with E-state index in [0.717, 1.165) is 20.7 Å². The molecule has 0 amide bonds. The molecule has 5 nitrogen and oxygen atoms in total. The third-order valence-corrected chi connectivity index (χ3v) is 6.90. The van der Waals surface area contributed by atoms with Crippen LogP contribution in [0.15, 0.2) is 83.0 Å². The lowest BCUT2D eigenvalue weighted by Gasteiger charge is -2.07. The molecule has 136 valence electrons. The van der Waals surface area contributed by atoms with Gasteiger partial charge in [0.25, 0.3) is 10.0 Å². The van der Waals surface area contributed by atoms with Gasteiger partial charge in [0.2, 0.25) is 0 Å². The van der Waals surface area contributed by atoms with Crippen LogP contribution in [0.25, 0.3) is 21.3 Å². The molecule has 0 saturated heterocycles. The Morgan fingerprint density at radius 1 is 1.00 bits per heavy atom. The monoisotopic (exact) mass is 396 g/mol. The third kappa shape index (κ3) is 3.15. The van der Waals surface area contributed by atoms with Gasteiger partial charge in [0.15, 0.2) is 0 Å². The standard InChI is InChI=1S/C20H16N2O3S2/c1-25-21-13-15-11-12-20(26-15)18-14-22(19-10-6-5-9-17(18)19)27(23,24)16-7-3-2-4-8-16/h2-14H,1H3. The summed E-state index contributed by atoms with van der Waals surface area (Å²) in [6, 6.07) is 19.9. The van der Waals surface area contributed by atoms with Crippen molar-refractivity contribution in [2.45, 2.75) is 4.90 Å². The van der Waals surface area contributed by atoms with E-state index in [0.29, 0.717) is 5.52 Å². The normalized spacial score (nSPS) is 12.0. The Hall–Kier alpha value is -2.90. The minimum atomic E-state index is -3.69. The predicted octanol–water partition coefficient (Wildman–Crippen LogP) is 4.59. The minimum Gasteiger partial charge on any atom is -0.399 e. The van der Waals surface area contributed by atoms with Crippen molar-refractivity contribution < 1.29 is 13.3 Å². The second-order valence-electron chi connectivity index (χ2n) is 5.79. The molecule has 0 aliphatic carbocycles. The molecule has 0 bridgehead atoms. The van der Waals surface area contributed by atoms with E-state index in [1.165, 1.54) is 22.4 Å². The van der Waals surface area contributed by atoms with Gasteiger partial charge in [-0.2, -0.15) is 0 Å². The van der Waals surface area contributed by atoms with Crippen molar-refractivity contribution in [3.05, 3.63) is 77.8 Å². The average Bonchev–Trinajstić information content (AvgIpc) is 3.32. The molecular formula is C20H16N2O3S2. The molecule has 0 fully saturated rings. The van der Waals surface area contributed by atoms with E-state index < -0.39 is 10.0 Å². The largest absolute Gasteiger partial charge is 0.399 e. The molecule has 0 aliphatic rings. The summed E-state index contributed by atoms with van der Waals surface area (Å²) in [5.41, 5.74) is 1.52. The van der Waals surface area contributed by atoms with E-state index in [-0.39, 0.29) is 4.90 Å². The van der Waals surface area contributed by atoms with E-state index in [2.05, 4.69) is 5.16 Å². The van der Waals surface area contributed by atoms with Crippen LogP contribution in [-0.2, 0) is 14.9 Å². The number of thiophene rings is 1. The van der Waals surface area contributed by atoms with E-state index in [4.69, 9.17) is 4.84 Å². The van der Waals surface area contributed by atoms with Gasteiger partial charge in [-0.1, -0.05) is 41.6 Å². The van der Waals surface area contributed by atoms with Crippen molar-refractivity contribution in [1.82, 2.24) is 3.97 Å². The van der Waals surface area contributed by atoms with Gasteiger partial charge in [-0.25, -0.2) is 12.4 Å². The van der Waals surface area contributed by atoms with Gasteiger partial charge in [0, 0.05) is 26.9 Å². The lowest BCUT2D eigenvalue weighted by atomic mass is 10.1. The van der Waals surface area contributed by atoms with Crippen LogP contribution in [-0.4, -0.2) is 25.7 Å². The summed E-state index contributed by atoms with van der Waals surface area (Å²) in [5, 5.41) is 4.66. The molecule has 0 radical (unpaired) electrons. The molecule has 0 atom stereocenters. The molecule has 0 saturated carbocycles. The SMILES string of the molecule is CON=Cc1ccc(-c2cn(S(=O)(=O)c3ccccc3)c3ccccc23)s1. The van der Waals surface area contributed by atoms with Crippen LogP contribution in [0.1, 0.15) is 4.88 Å². The molecule has 27 heavy (non-hydrogen) atoms. The molecule has 0 unspecified atom stereocenters. The molecule has 0 aliphatic heterocycles. The molecule has 4 aromatic rings. The van der Waals surface area contributed by atoms with E-state index in [1.54, 1.807) is 42.7 Å². The lowest BCUT2D eigenvalue weighted by Crippen LogP contribution is -2.11. The maximum Gasteiger partial charge on any atom is 0.268 e. The van der Waals surface area contributed by atoms with Crippen LogP contribution in [0.4, 0.5) is 0 Å². The topological polar surface area (TPSA) is 60.7 Å². The van der Waals surface area contributed by atoms with Crippen molar-refractivity contribution in [2.24, 2.45) is 5.16 Å². The van der Waals surface area contributed by atoms with E-state index in [9.17, 15) is 8.42 Å². The van der Waals surface area contributed by atoms with Crippen LogP contribution >= 0.6 is 11.3 Å². The number of para-hydroxylation sites is 1. The minimum absolute atomic E-state index is 0.261. The molecule has 0 spiro atoms. The van der Waals surface area contributed by atoms with Crippen LogP contribution in [0.5, 0.6) is 0 Å². The van der Waals surface area contributed by atoms with Crippen LogP contribution in [0.2, 0.25) is 0 Å². The quantitative estimate of drug-likeness (QED) is 0.366. The second kappa shape index (κ2) is 7.02. The lowest BCUT2D eigenvalue weighted by molar-refractivity contribution is 0.215. The van der Waals surface area contributed by atoms with Gasteiger partial charge >= 0.3 is 0 Å². The van der Waals surface area contributed by atoms with Crippen LogP contribution < -0.4 is 0 Å². The van der Waals surface area contributed by atoms with Crippen molar-refractivity contribution in [2.75, 3.05) is 7.11 Å². The first-order chi connectivity index (χ1) is 13.1. The number of rotatable bonds is 5. The van der Waals surface area contributed by atoms with Crippen molar-refractivity contribution in [3.8, 4) is 10.4 Å². The highest BCUT2D eigenvalue weighted by Gasteiger charge is 2.21. The van der Waals surface area contributed by atoms with Gasteiger partial charge < -0.3 is 4.84 Å². The first-order valence-corrected chi connectivity index (χ1v) is 10.4. The maximum absolute atomic E-state index is 13.2. The molecule has 2 heterocycles. The zero-order valence-electron chi connectivity index (χ0n) is 14.4. The van der Waals surface area contributed by atoms with E-state index >= 15 is 0 Å². The smallest absolute Gasteiger partial charge is 0.268 e. The summed E-state index contributed by atoms with van der Waals surface area (Å²) < 4.78 is 27.7. The maximum atomic E-state index is 13.2. The van der Waals surface area contributed by atoms with Gasteiger partial charge in [-0.05, 0) is 30.3 Å². The molecule has 0 N–H and O–H groups in total. The first-order valence-electron chi connectivity index (χ1n) is 8.19. The molecule has 4 rings (SSSR count). The number of hydrogen-bond acceptors (Lipinski definition) is 5. The second-order valence-corrected chi connectivity index (χ2v) is 8.72. The number of nitrogens with zero attached hydrogens (tertiary/aromatic N) is 2. The van der Waals surface area contributed by atoms with Crippen molar-refractivity contribution >= 4 is 38.5 Å². The summed E-state index contributed by atoms with van der Waals surface area (Å²) in [7, 11) is -2.19. The number of hydrogen-bond donors (Lipinski definition) is 0. The zero-order valence-corrected chi connectivity index (χ0v) is 16.1. The highest BCUT2D eigenvalue weighted by Crippen LogP contribution is 2.36. The summed E-state index contributed by atoms with van der Waals surface area (Å²) in [4.78, 5) is 6.87. The summed E-state index contributed by atoms with van der Waals surface area (Å²) >= 11 is 1.52. The third-order valence-electron chi connectivity index (χ3n) is 4.16. The Labute approximate surface area is 161 Å². The Balaban J connectivity index is 1.90. The highest BCUT2D eigenvalue weighted by atomic mass is 32.2. The fourth-order valence-electron chi connectivity index (χ4n) is 2.92. The molecule has 2 aromatic carbocycles. The van der Waals surface area contributed by atoms with Gasteiger partial charge in [-0.3, -0.25) is 0 Å². The van der Waals surface area contributed by atoms with Gasteiger partial charge in [0.05, 0.1) is 16.6 Å². The van der Waals surface area contributed by atoms with Crippen LogP contribution in [0.3, 0.4) is 0 Å². The average molecular weight is 396 g/mol. The predicted molar refractivity (Wildman–Crippen MR) is 109 cm³/mol. The fourth-order valence-corrected chi connectivity index (χ4v) is 5.21. The molecular weight excluding hydrogens is 380 g/mol. The Morgan fingerprint density at radius 3 is 2.52 bits per heavy atom. The first kappa shape index (κ1) is 17.5. The summed E-state index contributed by atoms with van der Waals surface area (Å²) in [5.74, 6) is 0. The zero-order chi connectivity index (χ0) is 18.9. The molecule has 2 aromatic heterocycles. The van der Waals surface area contributed by atoms with Gasteiger partial charge in [0.1, 0.15) is 7.11 Å². The van der Waals surface area contributed by atoms with Crippen molar-refractivity contribution in [3.63, 3.8) is 0 Å². The molecule has 7 heteroatoms. The van der Waals surface area contributed by atoms with Crippen molar-refractivity contribution in [1.29, 1.82) is 0 Å². The van der Waals surface area contributed by atoms with E-state index in [1.807, 2.05) is 36.4 Å². The highest BCUT2D eigenvalue weighted by molar-refractivity contribution is 7.90. The Bertz CT molecular complexity index is 1220. The number of aromatic nitrogens is 1. The van der Waals surface area contributed by atoms with Crippen LogP contribution in [0, 0.1) is 0 Å². The van der Waals surface area contributed by atoms with Gasteiger partial charge in [-0.15, -0.1) is 11.3 Å². The number of benzene rings is 2. The fraction of sp³-hybridized carbons (Fsp3) is 0.0500. The number of fused-ring (bicyclic) bond motifs is 1.